The summed E-state index contributed by atoms with van der Waals surface area (Å²) in [4.78, 5) is 6.72. The number of halogens is 1. The van der Waals surface area contributed by atoms with E-state index in [-0.39, 0.29) is 17.7 Å². The number of furan rings is 1. The van der Waals surface area contributed by atoms with Crippen LogP contribution in [0.3, 0.4) is 0 Å². The lowest BCUT2D eigenvalue weighted by Gasteiger charge is -2.23. The molecule has 3 rings (SSSR count). The maximum atomic E-state index is 14.0. The number of methoxy groups -OCH3 is 1. The van der Waals surface area contributed by atoms with Crippen LogP contribution in [0.25, 0.3) is 0 Å². The summed E-state index contributed by atoms with van der Waals surface area (Å²) in [6, 6.07) is 8.84. The molecule has 28 heavy (non-hydrogen) atoms. The molecule has 2 aromatic rings. The maximum absolute atomic E-state index is 14.0. The third-order valence-corrected chi connectivity index (χ3v) is 4.70. The number of hydrogen-bond donors (Lipinski definition) is 1. The van der Waals surface area contributed by atoms with Gasteiger partial charge in [0, 0.05) is 33.2 Å². The van der Waals surface area contributed by atoms with Gasteiger partial charge < -0.3 is 24.1 Å². The molecule has 152 valence electrons. The van der Waals surface area contributed by atoms with Crippen LogP contribution < -0.4 is 10.1 Å². The highest BCUT2D eigenvalue weighted by atomic mass is 19.1. The summed E-state index contributed by atoms with van der Waals surface area (Å²) in [6.45, 7) is 2.64. The lowest BCUT2D eigenvalue weighted by atomic mass is 10.2. The molecule has 7 heteroatoms. The van der Waals surface area contributed by atoms with Crippen LogP contribution in [-0.4, -0.2) is 50.8 Å². The van der Waals surface area contributed by atoms with Gasteiger partial charge in [0.1, 0.15) is 5.76 Å². The molecule has 0 saturated carbocycles. The van der Waals surface area contributed by atoms with Crippen LogP contribution in [0, 0.1) is 5.82 Å². The molecule has 1 aromatic heterocycles. The van der Waals surface area contributed by atoms with Gasteiger partial charge in [0.15, 0.2) is 17.5 Å². The van der Waals surface area contributed by atoms with Crippen LogP contribution in [0.15, 0.2) is 46.0 Å². The van der Waals surface area contributed by atoms with Gasteiger partial charge >= 0.3 is 0 Å². The number of ether oxygens (including phenoxy) is 2. The van der Waals surface area contributed by atoms with Crippen LogP contribution in [0.4, 0.5) is 4.39 Å². The first kappa shape index (κ1) is 20.2. The Morgan fingerprint density at radius 3 is 2.96 bits per heavy atom. The largest absolute Gasteiger partial charge is 0.494 e. The van der Waals surface area contributed by atoms with E-state index in [1.165, 1.54) is 13.2 Å². The lowest BCUT2D eigenvalue weighted by Crippen LogP contribution is -2.40. The number of aliphatic imine (C=N–C) groups is 1. The third kappa shape index (κ3) is 5.73. The molecule has 0 amide bonds. The summed E-state index contributed by atoms with van der Waals surface area (Å²) in [5.74, 6) is 1.57. The quantitative estimate of drug-likeness (QED) is 0.555. The van der Waals surface area contributed by atoms with Crippen LogP contribution in [0.1, 0.15) is 24.2 Å². The van der Waals surface area contributed by atoms with E-state index >= 15 is 0 Å². The average Bonchev–Trinajstić information content (AvgIpc) is 3.38. The molecule has 1 aliphatic heterocycles. The number of guanidine groups is 1. The highest BCUT2D eigenvalue weighted by Crippen LogP contribution is 2.18. The van der Waals surface area contributed by atoms with Gasteiger partial charge in [0.05, 0.1) is 26.0 Å². The van der Waals surface area contributed by atoms with Crippen molar-refractivity contribution in [2.45, 2.75) is 31.9 Å². The van der Waals surface area contributed by atoms with E-state index in [9.17, 15) is 4.39 Å². The predicted octanol–water partition coefficient (Wildman–Crippen LogP) is 3.23. The Morgan fingerprint density at radius 1 is 1.39 bits per heavy atom. The Balaban J connectivity index is 1.63. The first-order valence-corrected chi connectivity index (χ1v) is 9.61. The van der Waals surface area contributed by atoms with E-state index in [4.69, 9.17) is 18.9 Å². The zero-order valence-electron chi connectivity index (χ0n) is 16.5. The molecule has 0 bridgehead atoms. The SMILES string of the molecule is COc1ccc(CN(C)C(=NCC2CCCO2)NCCc2ccco2)cc1F. The first-order valence-electron chi connectivity index (χ1n) is 9.61. The minimum Gasteiger partial charge on any atom is -0.494 e. The van der Waals surface area contributed by atoms with Crippen LogP contribution in [0.2, 0.25) is 0 Å². The van der Waals surface area contributed by atoms with Crippen molar-refractivity contribution in [1.82, 2.24) is 10.2 Å². The summed E-state index contributed by atoms with van der Waals surface area (Å²) in [7, 11) is 3.40. The summed E-state index contributed by atoms with van der Waals surface area (Å²) in [5.41, 5.74) is 0.846. The fourth-order valence-corrected chi connectivity index (χ4v) is 3.20. The molecule has 6 nitrogen and oxygen atoms in total. The zero-order chi connectivity index (χ0) is 19.8. The van der Waals surface area contributed by atoms with Crippen molar-refractivity contribution in [2.24, 2.45) is 4.99 Å². The summed E-state index contributed by atoms with van der Waals surface area (Å²) >= 11 is 0. The van der Waals surface area contributed by atoms with Gasteiger partial charge in [0.25, 0.3) is 0 Å². The molecular formula is C21H28FN3O3. The topological polar surface area (TPSA) is 59.2 Å². The zero-order valence-corrected chi connectivity index (χ0v) is 16.5. The second-order valence-corrected chi connectivity index (χ2v) is 6.88. The van der Waals surface area contributed by atoms with E-state index in [1.807, 2.05) is 30.1 Å². The van der Waals surface area contributed by atoms with Gasteiger partial charge in [-0.2, -0.15) is 0 Å². The minimum absolute atomic E-state index is 0.175. The standard InChI is InChI=1S/C21H28FN3O3/c1-25(15-16-7-8-20(26-2)19(22)13-16)21(24-14-18-6-4-12-28-18)23-10-9-17-5-3-11-27-17/h3,5,7-8,11,13,18H,4,6,9-10,12,14-15H2,1-2H3,(H,23,24). The van der Waals surface area contributed by atoms with Crippen molar-refractivity contribution < 1.29 is 18.3 Å². The van der Waals surface area contributed by atoms with E-state index in [0.717, 1.165) is 43.2 Å². The number of hydrogen-bond acceptors (Lipinski definition) is 4. The highest BCUT2D eigenvalue weighted by Gasteiger charge is 2.16. The number of benzene rings is 1. The Morgan fingerprint density at radius 2 is 2.29 bits per heavy atom. The number of rotatable bonds is 8. The number of nitrogens with one attached hydrogen (secondary N) is 1. The summed E-state index contributed by atoms with van der Waals surface area (Å²) < 4.78 is 30.0. The van der Waals surface area contributed by atoms with Crippen molar-refractivity contribution in [1.29, 1.82) is 0 Å². The van der Waals surface area contributed by atoms with Gasteiger partial charge in [-0.3, -0.25) is 4.99 Å². The van der Waals surface area contributed by atoms with Crippen molar-refractivity contribution in [3.63, 3.8) is 0 Å². The fraction of sp³-hybridized carbons (Fsp3) is 0.476. The van der Waals surface area contributed by atoms with Crippen LogP contribution in [-0.2, 0) is 17.7 Å². The van der Waals surface area contributed by atoms with E-state index in [1.54, 1.807) is 12.3 Å². The smallest absolute Gasteiger partial charge is 0.194 e. The molecule has 0 radical (unpaired) electrons. The highest BCUT2D eigenvalue weighted by molar-refractivity contribution is 5.79. The molecular weight excluding hydrogens is 361 g/mol. The van der Waals surface area contributed by atoms with Gasteiger partial charge in [-0.1, -0.05) is 6.07 Å². The van der Waals surface area contributed by atoms with Crippen molar-refractivity contribution in [2.75, 3.05) is 33.9 Å². The Labute approximate surface area is 165 Å². The Kier molecular flexibility index (Phi) is 7.31. The molecule has 1 atom stereocenters. The van der Waals surface area contributed by atoms with E-state index in [2.05, 4.69) is 5.32 Å². The third-order valence-electron chi connectivity index (χ3n) is 4.70. The predicted molar refractivity (Wildman–Crippen MR) is 106 cm³/mol. The second kappa shape index (κ2) is 10.1. The van der Waals surface area contributed by atoms with Crippen molar-refractivity contribution in [3.05, 3.63) is 53.7 Å². The first-order chi connectivity index (χ1) is 13.7. The van der Waals surface area contributed by atoms with Gasteiger partial charge in [0.2, 0.25) is 0 Å². The molecule has 1 fully saturated rings. The summed E-state index contributed by atoms with van der Waals surface area (Å²) in [6.07, 6.45) is 4.73. The molecule has 1 saturated heterocycles. The van der Waals surface area contributed by atoms with Crippen molar-refractivity contribution >= 4 is 5.96 Å². The number of nitrogens with zero attached hydrogens (tertiary/aromatic N) is 2. The minimum atomic E-state index is -0.364. The summed E-state index contributed by atoms with van der Waals surface area (Å²) in [5, 5.41) is 3.38. The molecule has 1 aromatic carbocycles. The second-order valence-electron chi connectivity index (χ2n) is 6.88. The molecule has 1 aliphatic rings. The van der Waals surface area contributed by atoms with Crippen molar-refractivity contribution in [3.8, 4) is 5.75 Å². The maximum Gasteiger partial charge on any atom is 0.194 e. The van der Waals surface area contributed by atoms with Crippen LogP contribution in [0.5, 0.6) is 5.75 Å². The van der Waals surface area contributed by atoms with Crippen LogP contribution >= 0.6 is 0 Å². The fourth-order valence-electron chi connectivity index (χ4n) is 3.20. The Bertz CT molecular complexity index is 758. The van der Waals surface area contributed by atoms with Gasteiger partial charge in [-0.25, -0.2) is 4.39 Å². The molecule has 1 unspecified atom stereocenters. The monoisotopic (exact) mass is 389 g/mol. The normalized spacial score (nSPS) is 17.0. The molecule has 1 N–H and O–H groups in total. The molecule has 0 aliphatic carbocycles. The lowest BCUT2D eigenvalue weighted by molar-refractivity contribution is 0.117. The van der Waals surface area contributed by atoms with E-state index in [0.29, 0.717) is 19.6 Å². The molecule has 0 spiro atoms. The van der Waals surface area contributed by atoms with E-state index < -0.39 is 0 Å². The molecule has 2 heterocycles. The average molecular weight is 389 g/mol. The van der Waals surface area contributed by atoms with Gasteiger partial charge in [-0.05, 0) is 42.7 Å². The van der Waals surface area contributed by atoms with Gasteiger partial charge in [-0.15, -0.1) is 0 Å². The Hall–Kier alpha value is -2.54.